The standard InChI is InChI=1S/C11H10B/c1-12-11-8-4-6-9-5-2-3-7-10(9)11/h2-8H,1H3. The SMILES string of the molecule is C[B]c1cccc2ccccc12. The number of hydrogen-bond donors (Lipinski definition) is 0. The van der Waals surface area contributed by atoms with Crippen molar-refractivity contribution in [3.8, 4) is 0 Å². The van der Waals surface area contributed by atoms with Gasteiger partial charge in [-0.05, 0) is 10.8 Å². The van der Waals surface area contributed by atoms with Crippen LogP contribution in [0.3, 0.4) is 0 Å². The van der Waals surface area contributed by atoms with Gasteiger partial charge in [0, 0.05) is 0 Å². The van der Waals surface area contributed by atoms with Gasteiger partial charge in [-0.1, -0.05) is 54.8 Å². The first kappa shape index (κ1) is 7.42. The van der Waals surface area contributed by atoms with Crippen LogP contribution in [0.4, 0.5) is 0 Å². The van der Waals surface area contributed by atoms with Crippen molar-refractivity contribution >= 4 is 23.5 Å². The molecule has 0 aliphatic rings. The van der Waals surface area contributed by atoms with Gasteiger partial charge in [0.05, 0.1) is 0 Å². The molecule has 0 saturated heterocycles. The van der Waals surface area contributed by atoms with Crippen LogP contribution < -0.4 is 5.46 Å². The highest BCUT2D eigenvalue weighted by atomic mass is 13.9. The first-order chi connectivity index (χ1) is 5.92. The third kappa shape index (κ3) is 1.12. The summed E-state index contributed by atoms with van der Waals surface area (Å²) in [7, 11) is 2.14. The van der Waals surface area contributed by atoms with Gasteiger partial charge < -0.3 is 0 Å². The highest BCUT2D eigenvalue weighted by Crippen LogP contribution is 2.09. The molecular formula is C11H10B. The van der Waals surface area contributed by atoms with Crippen LogP contribution in [0.5, 0.6) is 0 Å². The van der Waals surface area contributed by atoms with E-state index in [0.29, 0.717) is 0 Å². The van der Waals surface area contributed by atoms with Crippen molar-refractivity contribution in [3.05, 3.63) is 42.5 Å². The van der Waals surface area contributed by atoms with E-state index in [1.807, 2.05) is 0 Å². The van der Waals surface area contributed by atoms with E-state index in [4.69, 9.17) is 0 Å². The third-order valence-corrected chi connectivity index (χ3v) is 2.13. The van der Waals surface area contributed by atoms with Crippen molar-refractivity contribution in [1.82, 2.24) is 0 Å². The van der Waals surface area contributed by atoms with Crippen LogP contribution in [0.15, 0.2) is 42.5 Å². The van der Waals surface area contributed by atoms with Crippen LogP contribution in [-0.4, -0.2) is 7.28 Å². The zero-order valence-electron chi connectivity index (χ0n) is 7.12. The molecule has 0 aromatic heterocycles. The van der Waals surface area contributed by atoms with Crippen LogP contribution in [0.2, 0.25) is 6.82 Å². The Morgan fingerprint density at radius 3 is 2.50 bits per heavy atom. The van der Waals surface area contributed by atoms with Crippen LogP contribution in [0, 0.1) is 0 Å². The first-order valence-electron chi connectivity index (χ1n) is 4.19. The van der Waals surface area contributed by atoms with E-state index in [2.05, 4.69) is 56.6 Å². The first-order valence-corrected chi connectivity index (χ1v) is 4.19. The zero-order chi connectivity index (χ0) is 8.39. The summed E-state index contributed by atoms with van der Waals surface area (Å²) in [6.07, 6.45) is 0. The van der Waals surface area contributed by atoms with Crippen LogP contribution >= 0.6 is 0 Å². The van der Waals surface area contributed by atoms with Gasteiger partial charge in [-0.25, -0.2) is 0 Å². The maximum absolute atomic E-state index is 2.16. The molecule has 0 saturated carbocycles. The van der Waals surface area contributed by atoms with Crippen molar-refractivity contribution in [2.24, 2.45) is 0 Å². The largest absolute Gasteiger partial charge is 0.149 e. The van der Waals surface area contributed by atoms with Crippen LogP contribution in [0.25, 0.3) is 10.8 Å². The molecule has 0 heterocycles. The quantitative estimate of drug-likeness (QED) is 0.551. The molecule has 0 aliphatic carbocycles. The Morgan fingerprint density at radius 2 is 1.67 bits per heavy atom. The van der Waals surface area contributed by atoms with E-state index >= 15 is 0 Å². The lowest BCUT2D eigenvalue weighted by Gasteiger charge is -2.01. The smallest absolute Gasteiger partial charge is 0.0872 e. The Bertz CT molecular complexity index is 388. The minimum absolute atomic E-state index is 1.31. The Labute approximate surface area is 73.5 Å². The topological polar surface area (TPSA) is 0 Å². The van der Waals surface area contributed by atoms with Crippen molar-refractivity contribution in [1.29, 1.82) is 0 Å². The second-order valence-electron chi connectivity index (χ2n) is 2.86. The van der Waals surface area contributed by atoms with Crippen molar-refractivity contribution < 1.29 is 0 Å². The fourth-order valence-corrected chi connectivity index (χ4v) is 1.50. The monoisotopic (exact) mass is 153 g/mol. The average Bonchev–Trinajstić information content (AvgIpc) is 2.17. The molecule has 57 valence electrons. The van der Waals surface area contributed by atoms with E-state index in [0.717, 1.165) is 0 Å². The molecule has 0 bridgehead atoms. The van der Waals surface area contributed by atoms with Gasteiger partial charge in [-0.15, -0.1) is 0 Å². The Balaban J connectivity index is 2.79. The van der Waals surface area contributed by atoms with Gasteiger partial charge in [-0.2, -0.15) is 0 Å². The molecule has 0 unspecified atom stereocenters. The summed E-state index contributed by atoms with van der Waals surface area (Å²) < 4.78 is 0. The Hall–Kier alpha value is -1.24. The third-order valence-electron chi connectivity index (χ3n) is 2.13. The summed E-state index contributed by atoms with van der Waals surface area (Å²) in [5.41, 5.74) is 1.31. The van der Waals surface area contributed by atoms with Crippen LogP contribution in [-0.2, 0) is 0 Å². The van der Waals surface area contributed by atoms with Gasteiger partial charge >= 0.3 is 0 Å². The normalized spacial score (nSPS) is 10.1. The average molecular weight is 153 g/mol. The molecule has 2 aromatic rings. The lowest BCUT2D eigenvalue weighted by Crippen LogP contribution is -2.10. The van der Waals surface area contributed by atoms with Crippen molar-refractivity contribution in [2.45, 2.75) is 6.82 Å². The summed E-state index contributed by atoms with van der Waals surface area (Å²) in [4.78, 5) is 0. The molecule has 0 amide bonds. The molecule has 0 N–H and O–H groups in total. The van der Waals surface area contributed by atoms with Crippen molar-refractivity contribution in [3.63, 3.8) is 0 Å². The molecule has 1 radical (unpaired) electrons. The maximum atomic E-state index is 2.16. The molecule has 0 nitrogen and oxygen atoms in total. The lowest BCUT2D eigenvalue weighted by molar-refractivity contribution is 1.78. The summed E-state index contributed by atoms with van der Waals surface area (Å²) >= 11 is 0. The van der Waals surface area contributed by atoms with Gasteiger partial charge in [-0.3, -0.25) is 0 Å². The zero-order valence-corrected chi connectivity index (χ0v) is 7.12. The summed E-state index contributed by atoms with van der Waals surface area (Å²) in [5, 5.41) is 2.65. The number of rotatable bonds is 1. The molecule has 0 fully saturated rings. The van der Waals surface area contributed by atoms with E-state index in [9.17, 15) is 0 Å². The van der Waals surface area contributed by atoms with Crippen LogP contribution in [0.1, 0.15) is 0 Å². The molecule has 0 atom stereocenters. The van der Waals surface area contributed by atoms with Gasteiger partial charge in [0.15, 0.2) is 0 Å². The molecule has 12 heavy (non-hydrogen) atoms. The highest BCUT2D eigenvalue weighted by molar-refractivity contribution is 6.55. The van der Waals surface area contributed by atoms with E-state index in [1.54, 1.807) is 0 Å². The summed E-state index contributed by atoms with van der Waals surface area (Å²) in [5.74, 6) is 0. The fraction of sp³-hybridized carbons (Fsp3) is 0.0909. The van der Waals surface area contributed by atoms with Crippen molar-refractivity contribution in [2.75, 3.05) is 0 Å². The predicted octanol–water partition coefficient (Wildman–Crippen LogP) is 2.22. The molecular weight excluding hydrogens is 143 g/mol. The minimum Gasteiger partial charge on any atom is -0.0872 e. The summed E-state index contributed by atoms with van der Waals surface area (Å²) in [6, 6.07) is 14.8. The maximum Gasteiger partial charge on any atom is 0.149 e. The van der Waals surface area contributed by atoms with E-state index in [1.165, 1.54) is 16.2 Å². The fourth-order valence-electron chi connectivity index (χ4n) is 1.50. The minimum atomic E-state index is 1.31. The van der Waals surface area contributed by atoms with Gasteiger partial charge in [0.25, 0.3) is 0 Å². The second kappa shape index (κ2) is 3.02. The molecule has 0 aliphatic heterocycles. The molecule has 2 aromatic carbocycles. The Morgan fingerprint density at radius 1 is 0.917 bits per heavy atom. The highest BCUT2D eigenvalue weighted by Gasteiger charge is 1.96. The molecule has 0 spiro atoms. The molecule has 2 rings (SSSR count). The predicted molar refractivity (Wildman–Crippen MR) is 55.2 cm³/mol. The van der Waals surface area contributed by atoms with E-state index in [-0.39, 0.29) is 0 Å². The molecule has 1 heteroatoms. The lowest BCUT2D eigenvalue weighted by atomic mass is 9.71. The van der Waals surface area contributed by atoms with Gasteiger partial charge in [0.1, 0.15) is 7.28 Å². The second-order valence-corrected chi connectivity index (χ2v) is 2.86. The number of fused-ring (bicyclic) bond motifs is 1. The number of benzene rings is 2. The van der Waals surface area contributed by atoms with E-state index < -0.39 is 0 Å². The Kier molecular flexibility index (Phi) is 1.87. The summed E-state index contributed by atoms with van der Waals surface area (Å²) in [6.45, 7) is 2.07. The number of hydrogen-bond acceptors (Lipinski definition) is 0. The van der Waals surface area contributed by atoms with Gasteiger partial charge in [0.2, 0.25) is 0 Å².